The van der Waals surface area contributed by atoms with Gasteiger partial charge in [-0.25, -0.2) is 15.0 Å². The van der Waals surface area contributed by atoms with E-state index in [1.54, 1.807) is 0 Å². The van der Waals surface area contributed by atoms with Crippen molar-refractivity contribution in [1.82, 2.24) is 20.3 Å². The molecule has 0 spiro atoms. The van der Waals surface area contributed by atoms with Gasteiger partial charge in [-0.3, -0.25) is 0 Å². The Morgan fingerprint density at radius 2 is 1.80 bits per heavy atom. The number of aryl methyl sites for hydroxylation is 2. The van der Waals surface area contributed by atoms with E-state index in [9.17, 15) is 0 Å². The Morgan fingerprint density at radius 3 is 2.40 bits per heavy atom. The van der Waals surface area contributed by atoms with Crippen LogP contribution in [0.3, 0.4) is 0 Å². The fourth-order valence-electron chi connectivity index (χ4n) is 1.67. The van der Waals surface area contributed by atoms with Crippen LogP contribution in [0, 0.1) is 13.8 Å². The van der Waals surface area contributed by atoms with Crippen LogP contribution in [0.2, 0.25) is 0 Å². The first-order valence-electron chi connectivity index (χ1n) is 6.70. The van der Waals surface area contributed by atoms with E-state index in [-0.39, 0.29) is 0 Å². The molecule has 4 nitrogen and oxygen atoms in total. The zero-order valence-electron chi connectivity index (χ0n) is 12.3. The van der Waals surface area contributed by atoms with Gasteiger partial charge in [0.1, 0.15) is 5.03 Å². The van der Waals surface area contributed by atoms with Gasteiger partial charge in [0.2, 0.25) is 0 Å². The maximum atomic E-state index is 4.52. The van der Waals surface area contributed by atoms with E-state index in [0.717, 1.165) is 27.9 Å². The van der Waals surface area contributed by atoms with Crippen LogP contribution in [0.4, 0.5) is 0 Å². The molecule has 2 aromatic rings. The molecule has 0 aliphatic carbocycles. The third-order valence-electron chi connectivity index (χ3n) is 2.75. The Bertz CT molecular complexity index is 567. The lowest BCUT2D eigenvalue weighted by Gasteiger charge is -2.10. The summed E-state index contributed by atoms with van der Waals surface area (Å²) in [5, 5.41) is 5.09. The minimum atomic E-state index is 0.477. The van der Waals surface area contributed by atoms with E-state index in [0.29, 0.717) is 6.04 Å². The highest BCUT2D eigenvalue weighted by atomic mass is 32.2. The maximum absolute atomic E-state index is 4.52. The second-order valence-corrected chi connectivity index (χ2v) is 6.10. The highest BCUT2D eigenvalue weighted by molar-refractivity contribution is 7.99. The molecule has 0 aromatic carbocycles. The van der Waals surface area contributed by atoms with Crippen molar-refractivity contribution >= 4 is 11.8 Å². The molecule has 0 unspecified atom stereocenters. The molecule has 5 heteroatoms. The number of nitrogens with one attached hydrogen (secondary N) is 1. The monoisotopic (exact) mass is 288 g/mol. The molecule has 2 aromatic heterocycles. The van der Waals surface area contributed by atoms with Gasteiger partial charge in [-0.15, -0.1) is 0 Å². The predicted octanol–water partition coefficient (Wildman–Crippen LogP) is 3.14. The zero-order chi connectivity index (χ0) is 14.5. The Hall–Kier alpha value is -1.46. The fourth-order valence-corrected chi connectivity index (χ4v) is 2.37. The highest BCUT2D eigenvalue weighted by Gasteiger charge is 2.06. The van der Waals surface area contributed by atoms with Crippen LogP contribution in [-0.2, 0) is 6.54 Å². The summed E-state index contributed by atoms with van der Waals surface area (Å²) in [7, 11) is 0. The lowest BCUT2D eigenvalue weighted by molar-refractivity contribution is 0.587. The van der Waals surface area contributed by atoms with Gasteiger partial charge in [0.05, 0.1) is 0 Å². The van der Waals surface area contributed by atoms with Crippen molar-refractivity contribution in [1.29, 1.82) is 0 Å². The average molecular weight is 288 g/mol. The fraction of sp³-hybridized carbons (Fsp3) is 0.400. The number of hydrogen-bond acceptors (Lipinski definition) is 5. The van der Waals surface area contributed by atoms with E-state index >= 15 is 0 Å². The quantitative estimate of drug-likeness (QED) is 0.857. The summed E-state index contributed by atoms with van der Waals surface area (Å²) in [5.74, 6) is 0. The lowest BCUT2D eigenvalue weighted by atomic mass is 10.2. The zero-order valence-corrected chi connectivity index (χ0v) is 13.2. The molecule has 0 aliphatic heterocycles. The number of rotatable bonds is 5. The van der Waals surface area contributed by atoms with Crippen molar-refractivity contribution in [2.75, 3.05) is 0 Å². The summed E-state index contributed by atoms with van der Waals surface area (Å²) >= 11 is 1.50. The Balaban J connectivity index is 2.07. The lowest BCUT2D eigenvalue weighted by Crippen LogP contribution is -2.21. The van der Waals surface area contributed by atoms with Crippen LogP contribution in [0.5, 0.6) is 0 Å². The average Bonchev–Trinajstić information content (AvgIpc) is 2.41. The van der Waals surface area contributed by atoms with Crippen LogP contribution in [-0.4, -0.2) is 21.0 Å². The van der Waals surface area contributed by atoms with Gasteiger partial charge in [0.25, 0.3) is 0 Å². The van der Waals surface area contributed by atoms with Gasteiger partial charge in [-0.1, -0.05) is 19.9 Å². The van der Waals surface area contributed by atoms with E-state index in [1.807, 2.05) is 25.5 Å². The molecular weight excluding hydrogens is 268 g/mol. The largest absolute Gasteiger partial charge is 0.310 e. The standard InChI is InChI=1S/C15H20N4S/c1-10(2)16-8-13-5-12(4)14(17-9-13)20-15-18-6-11(3)7-19-15/h5-7,9-10,16H,8H2,1-4H3. The number of pyridine rings is 1. The number of hydrogen-bond donors (Lipinski definition) is 1. The number of aromatic nitrogens is 3. The molecule has 0 fully saturated rings. The summed E-state index contributed by atoms with van der Waals surface area (Å²) in [6.45, 7) is 9.17. The van der Waals surface area contributed by atoms with E-state index in [4.69, 9.17) is 0 Å². The minimum absolute atomic E-state index is 0.477. The molecule has 0 aliphatic rings. The molecular formula is C15H20N4S. The second-order valence-electron chi connectivity index (χ2n) is 5.15. The molecule has 0 radical (unpaired) electrons. The highest BCUT2D eigenvalue weighted by Crippen LogP contribution is 2.25. The molecule has 2 heterocycles. The molecule has 106 valence electrons. The summed E-state index contributed by atoms with van der Waals surface area (Å²) < 4.78 is 0. The Kier molecular flexibility index (Phi) is 5.09. The summed E-state index contributed by atoms with van der Waals surface area (Å²) in [6.07, 6.45) is 5.57. The van der Waals surface area contributed by atoms with Crippen molar-refractivity contribution in [3.05, 3.63) is 41.3 Å². The van der Waals surface area contributed by atoms with Crippen molar-refractivity contribution in [2.24, 2.45) is 0 Å². The molecule has 2 rings (SSSR count). The smallest absolute Gasteiger partial charge is 0.193 e. The predicted molar refractivity (Wildman–Crippen MR) is 81.8 cm³/mol. The van der Waals surface area contributed by atoms with Gasteiger partial charge in [-0.05, 0) is 42.3 Å². The van der Waals surface area contributed by atoms with E-state index < -0.39 is 0 Å². The van der Waals surface area contributed by atoms with Crippen LogP contribution in [0.1, 0.15) is 30.5 Å². The van der Waals surface area contributed by atoms with E-state index in [1.165, 1.54) is 17.3 Å². The van der Waals surface area contributed by atoms with Gasteiger partial charge in [-0.2, -0.15) is 0 Å². The normalized spacial score (nSPS) is 11.1. The third-order valence-corrected chi connectivity index (χ3v) is 3.76. The topological polar surface area (TPSA) is 50.7 Å². The van der Waals surface area contributed by atoms with Crippen LogP contribution in [0.25, 0.3) is 0 Å². The minimum Gasteiger partial charge on any atom is -0.310 e. The first kappa shape index (κ1) is 14.9. The van der Waals surface area contributed by atoms with Crippen molar-refractivity contribution in [3.8, 4) is 0 Å². The van der Waals surface area contributed by atoms with Crippen LogP contribution >= 0.6 is 11.8 Å². The molecule has 1 N–H and O–H groups in total. The summed E-state index contributed by atoms with van der Waals surface area (Å²) in [4.78, 5) is 13.1. The maximum Gasteiger partial charge on any atom is 0.193 e. The Morgan fingerprint density at radius 1 is 1.10 bits per heavy atom. The molecule has 0 atom stereocenters. The second kappa shape index (κ2) is 6.81. The van der Waals surface area contributed by atoms with Crippen LogP contribution < -0.4 is 5.32 Å². The van der Waals surface area contributed by atoms with E-state index in [2.05, 4.69) is 47.1 Å². The molecule has 0 saturated heterocycles. The van der Waals surface area contributed by atoms with Crippen LogP contribution in [0.15, 0.2) is 34.8 Å². The number of nitrogens with zero attached hydrogens (tertiary/aromatic N) is 3. The van der Waals surface area contributed by atoms with Crippen molar-refractivity contribution in [2.45, 2.75) is 50.5 Å². The third kappa shape index (κ3) is 4.28. The molecule has 0 bridgehead atoms. The van der Waals surface area contributed by atoms with Crippen molar-refractivity contribution in [3.63, 3.8) is 0 Å². The molecule has 0 amide bonds. The van der Waals surface area contributed by atoms with Gasteiger partial charge >= 0.3 is 0 Å². The van der Waals surface area contributed by atoms with Gasteiger partial charge in [0, 0.05) is 31.2 Å². The van der Waals surface area contributed by atoms with Gasteiger partial charge < -0.3 is 5.32 Å². The summed E-state index contributed by atoms with van der Waals surface area (Å²) in [5.41, 5.74) is 3.42. The Labute approximate surface area is 124 Å². The summed E-state index contributed by atoms with van der Waals surface area (Å²) in [6, 6.07) is 2.64. The van der Waals surface area contributed by atoms with Crippen molar-refractivity contribution < 1.29 is 0 Å². The molecule has 20 heavy (non-hydrogen) atoms. The first-order valence-corrected chi connectivity index (χ1v) is 7.51. The van der Waals surface area contributed by atoms with Gasteiger partial charge in [0.15, 0.2) is 5.16 Å². The SMILES string of the molecule is Cc1cnc(Sc2ncc(CNC(C)C)cc2C)nc1. The first-order chi connectivity index (χ1) is 9.54. The molecule has 0 saturated carbocycles.